The van der Waals surface area contributed by atoms with Crippen molar-refractivity contribution >= 4 is 29.1 Å². The van der Waals surface area contributed by atoms with Crippen LogP contribution >= 0.6 is 11.6 Å². The van der Waals surface area contributed by atoms with E-state index in [9.17, 15) is 9.59 Å². The van der Waals surface area contributed by atoms with Gasteiger partial charge in [-0.3, -0.25) is 14.5 Å². The Morgan fingerprint density at radius 1 is 1.05 bits per heavy atom. The number of nitrogens with zero attached hydrogens (tertiary/aromatic N) is 2. The monoisotopic (exact) mass is 604 g/mol. The molecule has 228 valence electrons. The quantitative estimate of drug-likeness (QED) is 0.247. The van der Waals surface area contributed by atoms with Crippen LogP contribution in [0.25, 0.3) is 0 Å². The lowest BCUT2D eigenvalue weighted by Crippen LogP contribution is -2.61. The number of hydrogen-bond donors (Lipinski definition) is 2. The molecule has 9 heteroatoms. The number of amides is 2. The first kappa shape index (κ1) is 31.0. The van der Waals surface area contributed by atoms with Crippen molar-refractivity contribution < 1.29 is 19.1 Å². The highest BCUT2D eigenvalue weighted by atomic mass is 35.5. The van der Waals surface area contributed by atoms with Gasteiger partial charge >= 0.3 is 0 Å². The number of carbonyl (C=O) groups excluding carboxylic acids is 2. The highest BCUT2D eigenvalue weighted by molar-refractivity contribution is 6.31. The Labute approximate surface area is 259 Å². The number of hydrogen-bond acceptors (Lipinski definition) is 6. The van der Waals surface area contributed by atoms with Gasteiger partial charge in [0.05, 0.1) is 26.4 Å². The Bertz CT molecular complexity index is 1350. The second-order valence-electron chi connectivity index (χ2n) is 11.1. The fraction of sp³-hybridized carbons (Fsp3) is 0.412. The van der Waals surface area contributed by atoms with Gasteiger partial charge < -0.3 is 25.0 Å². The topological polar surface area (TPSA) is 83.1 Å². The van der Waals surface area contributed by atoms with Crippen LogP contribution in [-0.4, -0.2) is 68.7 Å². The maximum Gasteiger partial charge on any atom is 0.247 e. The van der Waals surface area contributed by atoms with Crippen molar-refractivity contribution in [3.8, 4) is 5.75 Å². The smallest absolute Gasteiger partial charge is 0.247 e. The summed E-state index contributed by atoms with van der Waals surface area (Å²) in [6, 6.07) is 23.1. The molecule has 0 aromatic heterocycles. The zero-order chi connectivity index (χ0) is 30.0. The summed E-state index contributed by atoms with van der Waals surface area (Å²) in [6.45, 7) is 3.59. The van der Waals surface area contributed by atoms with Gasteiger partial charge in [-0.1, -0.05) is 54.1 Å². The van der Waals surface area contributed by atoms with Crippen LogP contribution in [0.15, 0.2) is 72.8 Å². The highest BCUT2D eigenvalue weighted by Gasteiger charge is 2.41. The Hall–Kier alpha value is -3.43. The van der Waals surface area contributed by atoms with Gasteiger partial charge in [-0.25, -0.2) is 0 Å². The van der Waals surface area contributed by atoms with Crippen LogP contribution in [0.5, 0.6) is 5.75 Å². The molecule has 2 aliphatic rings. The van der Waals surface area contributed by atoms with Crippen molar-refractivity contribution in [3.63, 3.8) is 0 Å². The molecular formula is C34H41ClN4O4. The molecule has 2 fully saturated rings. The third-order valence-electron chi connectivity index (χ3n) is 7.79. The molecule has 5 rings (SSSR count). The van der Waals surface area contributed by atoms with E-state index in [1.165, 1.54) is 5.56 Å². The highest BCUT2D eigenvalue weighted by Crippen LogP contribution is 2.32. The number of piperazine rings is 1. The standard InChI is InChI=1S/C34H41ClN4O4/c1-36-17-16-25-8-15-31(35)27(20-25)23-38(28-9-10-28)34(41)32-21-37-22-33(40)39(32)29-11-13-30(14-12-29)43-19-5-18-42-24-26-6-3-2-4-7-26/h2-4,6-8,11-15,20,28,32,36-37H,5,9-10,16-19,21-24H2,1H3/t32-/m1/s1. The summed E-state index contributed by atoms with van der Waals surface area (Å²) in [6.07, 6.45) is 3.57. The predicted molar refractivity (Wildman–Crippen MR) is 169 cm³/mol. The van der Waals surface area contributed by atoms with E-state index in [0.717, 1.165) is 43.4 Å². The molecule has 0 radical (unpaired) electrons. The summed E-state index contributed by atoms with van der Waals surface area (Å²) < 4.78 is 11.6. The van der Waals surface area contributed by atoms with E-state index >= 15 is 0 Å². The van der Waals surface area contributed by atoms with E-state index < -0.39 is 6.04 Å². The second-order valence-corrected chi connectivity index (χ2v) is 11.5. The van der Waals surface area contributed by atoms with E-state index in [1.54, 1.807) is 4.90 Å². The average Bonchev–Trinajstić information content (AvgIpc) is 3.88. The molecule has 0 unspecified atom stereocenters. The van der Waals surface area contributed by atoms with Crippen molar-refractivity contribution in [3.05, 3.63) is 94.5 Å². The van der Waals surface area contributed by atoms with Gasteiger partial charge in [0.15, 0.2) is 0 Å². The van der Waals surface area contributed by atoms with Crippen molar-refractivity contribution in [2.45, 2.75) is 50.9 Å². The Kier molecular flexibility index (Phi) is 11.1. The zero-order valence-corrected chi connectivity index (χ0v) is 25.5. The molecule has 1 aliphatic heterocycles. The van der Waals surface area contributed by atoms with Crippen LogP contribution < -0.4 is 20.3 Å². The molecule has 3 aromatic rings. The number of likely N-dealkylation sites (N-methyl/N-ethyl adjacent to an activating group) is 1. The zero-order valence-electron chi connectivity index (χ0n) is 24.8. The molecule has 1 saturated heterocycles. The fourth-order valence-corrected chi connectivity index (χ4v) is 5.51. The van der Waals surface area contributed by atoms with Crippen LogP contribution in [0.4, 0.5) is 5.69 Å². The summed E-state index contributed by atoms with van der Waals surface area (Å²) in [7, 11) is 1.93. The number of ether oxygens (including phenoxy) is 2. The van der Waals surface area contributed by atoms with Crippen molar-refractivity contribution in [2.75, 3.05) is 44.8 Å². The Balaban J connectivity index is 1.20. The lowest BCUT2D eigenvalue weighted by Gasteiger charge is -2.38. The Morgan fingerprint density at radius 2 is 1.84 bits per heavy atom. The van der Waals surface area contributed by atoms with Gasteiger partial charge in [0.2, 0.25) is 11.8 Å². The Morgan fingerprint density at radius 3 is 2.58 bits per heavy atom. The predicted octanol–water partition coefficient (Wildman–Crippen LogP) is 4.58. The lowest BCUT2D eigenvalue weighted by atomic mass is 10.1. The molecule has 0 spiro atoms. The number of anilines is 1. The van der Waals surface area contributed by atoms with E-state index in [4.69, 9.17) is 21.1 Å². The largest absolute Gasteiger partial charge is 0.494 e. The molecule has 1 saturated carbocycles. The van der Waals surface area contributed by atoms with Crippen LogP contribution in [0, 0.1) is 0 Å². The van der Waals surface area contributed by atoms with Gasteiger partial charge in [-0.05, 0) is 79.9 Å². The molecule has 8 nitrogen and oxygen atoms in total. The first-order valence-corrected chi connectivity index (χ1v) is 15.5. The van der Waals surface area contributed by atoms with Gasteiger partial charge in [-0.15, -0.1) is 0 Å². The number of halogens is 1. The minimum Gasteiger partial charge on any atom is -0.494 e. The van der Waals surface area contributed by atoms with Gasteiger partial charge in [-0.2, -0.15) is 0 Å². The molecular weight excluding hydrogens is 564 g/mol. The van der Waals surface area contributed by atoms with Gasteiger partial charge in [0.1, 0.15) is 11.8 Å². The molecule has 1 heterocycles. The van der Waals surface area contributed by atoms with Crippen LogP contribution in [0.2, 0.25) is 5.02 Å². The second kappa shape index (κ2) is 15.3. The summed E-state index contributed by atoms with van der Waals surface area (Å²) in [4.78, 5) is 30.8. The number of rotatable bonds is 15. The maximum atomic E-state index is 14.1. The minimum absolute atomic E-state index is 0.0597. The first-order valence-electron chi connectivity index (χ1n) is 15.1. The first-order chi connectivity index (χ1) is 21.0. The molecule has 1 aliphatic carbocycles. The lowest BCUT2D eigenvalue weighted by molar-refractivity contribution is -0.136. The number of carbonyl (C=O) groups is 2. The fourth-order valence-electron chi connectivity index (χ4n) is 5.33. The SMILES string of the molecule is CNCCc1ccc(Cl)c(CN(C(=O)[C@H]2CNCC(=O)N2c2ccc(OCCCOCc3ccccc3)cc2)C2CC2)c1. The van der Waals surface area contributed by atoms with Gasteiger partial charge in [0, 0.05) is 36.3 Å². The van der Waals surface area contributed by atoms with Crippen LogP contribution in [-0.2, 0) is 33.9 Å². The van der Waals surface area contributed by atoms with E-state index in [2.05, 4.69) is 16.7 Å². The van der Waals surface area contributed by atoms with Crippen LogP contribution in [0.3, 0.4) is 0 Å². The van der Waals surface area contributed by atoms with Crippen molar-refractivity contribution in [2.24, 2.45) is 0 Å². The summed E-state index contributed by atoms with van der Waals surface area (Å²) in [5, 5.41) is 6.97. The normalized spacial score (nSPS) is 16.7. The van der Waals surface area contributed by atoms with Gasteiger partial charge in [0.25, 0.3) is 0 Å². The van der Waals surface area contributed by atoms with E-state index in [-0.39, 0.29) is 24.4 Å². The molecule has 2 N–H and O–H groups in total. The summed E-state index contributed by atoms with van der Waals surface area (Å²) in [5.74, 6) is 0.525. The third kappa shape index (κ3) is 8.57. The maximum absolute atomic E-state index is 14.1. The summed E-state index contributed by atoms with van der Waals surface area (Å²) >= 11 is 6.59. The third-order valence-corrected chi connectivity index (χ3v) is 8.16. The van der Waals surface area contributed by atoms with Crippen LogP contribution in [0.1, 0.15) is 36.0 Å². The molecule has 2 amide bonds. The van der Waals surface area contributed by atoms with Crippen molar-refractivity contribution in [1.82, 2.24) is 15.5 Å². The average molecular weight is 605 g/mol. The molecule has 3 aromatic carbocycles. The summed E-state index contributed by atoms with van der Waals surface area (Å²) in [5.41, 5.74) is 3.95. The van der Waals surface area contributed by atoms with E-state index in [0.29, 0.717) is 49.4 Å². The number of nitrogens with one attached hydrogen (secondary N) is 2. The molecule has 0 bridgehead atoms. The minimum atomic E-state index is -0.637. The molecule has 43 heavy (non-hydrogen) atoms. The van der Waals surface area contributed by atoms with Crippen molar-refractivity contribution in [1.29, 1.82) is 0 Å². The van der Waals surface area contributed by atoms with E-state index in [1.807, 2.05) is 78.7 Å². The molecule has 1 atom stereocenters. The number of benzene rings is 3.